The molecule has 0 fully saturated rings. The van der Waals surface area contributed by atoms with E-state index in [1.165, 1.54) is 10.4 Å². The van der Waals surface area contributed by atoms with Crippen LogP contribution in [-0.2, 0) is 17.8 Å². The van der Waals surface area contributed by atoms with Crippen molar-refractivity contribution in [2.24, 2.45) is 0 Å². The van der Waals surface area contributed by atoms with Gasteiger partial charge in [-0.1, -0.05) is 36.4 Å². The van der Waals surface area contributed by atoms with Crippen molar-refractivity contribution in [3.8, 4) is 0 Å². The molecule has 1 aromatic carbocycles. The maximum absolute atomic E-state index is 5.44. The molecule has 0 aliphatic heterocycles. The van der Waals surface area contributed by atoms with E-state index < -0.39 is 0 Å². The minimum Gasteiger partial charge on any atom is -0.497 e. The first-order chi connectivity index (χ1) is 7.95. The standard InChI is InChI=1S/C14H14OS/c1-2-6-13(7-3-1)12-15-10-4-8-14-9-5-11-16-14/h1-7,9-11H,8,12H2/b10-4-. The van der Waals surface area contributed by atoms with Gasteiger partial charge in [-0.05, 0) is 23.1 Å². The fourth-order valence-corrected chi connectivity index (χ4v) is 2.06. The third-order valence-electron chi connectivity index (χ3n) is 2.18. The highest BCUT2D eigenvalue weighted by molar-refractivity contribution is 7.09. The topological polar surface area (TPSA) is 9.23 Å². The number of benzene rings is 1. The van der Waals surface area contributed by atoms with Crippen molar-refractivity contribution in [2.45, 2.75) is 13.0 Å². The first-order valence-electron chi connectivity index (χ1n) is 5.28. The lowest BCUT2D eigenvalue weighted by molar-refractivity contribution is 0.235. The molecular weight excluding hydrogens is 216 g/mol. The van der Waals surface area contributed by atoms with Crippen LogP contribution in [-0.4, -0.2) is 0 Å². The number of ether oxygens (including phenoxy) is 1. The molecule has 0 atom stereocenters. The van der Waals surface area contributed by atoms with E-state index >= 15 is 0 Å². The van der Waals surface area contributed by atoms with E-state index in [1.807, 2.05) is 18.2 Å². The zero-order valence-electron chi connectivity index (χ0n) is 9.00. The Morgan fingerprint density at radius 1 is 1.06 bits per heavy atom. The summed E-state index contributed by atoms with van der Waals surface area (Å²) >= 11 is 1.77. The van der Waals surface area contributed by atoms with Crippen molar-refractivity contribution >= 4 is 11.3 Å². The lowest BCUT2D eigenvalue weighted by Crippen LogP contribution is -1.85. The highest BCUT2D eigenvalue weighted by Gasteiger charge is 1.89. The summed E-state index contributed by atoms with van der Waals surface area (Å²) in [6, 6.07) is 14.4. The van der Waals surface area contributed by atoms with Crippen LogP contribution >= 0.6 is 11.3 Å². The SMILES string of the molecule is C(=C/OCc1ccccc1)/Cc1cccs1. The van der Waals surface area contributed by atoms with Crippen LogP contribution in [0, 0.1) is 0 Å². The van der Waals surface area contributed by atoms with Gasteiger partial charge >= 0.3 is 0 Å². The average molecular weight is 230 g/mol. The molecule has 2 aromatic rings. The Morgan fingerprint density at radius 2 is 1.94 bits per heavy atom. The van der Waals surface area contributed by atoms with E-state index in [1.54, 1.807) is 17.6 Å². The minimum atomic E-state index is 0.641. The molecule has 0 spiro atoms. The summed E-state index contributed by atoms with van der Waals surface area (Å²) in [6.07, 6.45) is 4.79. The van der Waals surface area contributed by atoms with Crippen LogP contribution in [0.3, 0.4) is 0 Å². The second-order valence-corrected chi connectivity index (χ2v) is 4.48. The van der Waals surface area contributed by atoms with Crippen molar-refractivity contribution in [2.75, 3.05) is 0 Å². The molecule has 0 unspecified atom stereocenters. The summed E-state index contributed by atoms with van der Waals surface area (Å²) in [5, 5.41) is 2.09. The molecule has 1 heterocycles. The largest absolute Gasteiger partial charge is 0.497 e. The fourth-order valence-electron chi connectivity index (χ4n) is 1.38. The summed E-state index contributed by atoms with van der Waals surface area (Å²) < 4.78 is 5.44. The monoisotopic (exact) mass is 230 g/mol. The fraction of sp³-hybridized carbons (Fsp3) is 0.143. The molecule has 0 bridgehead atoms. The lowest BCUT2D eigenvalue weighted by atomic mass is 10.2. The molecule has 0 saturated heterocycles. The highest BCUT2D eigenvalue weighted by Crippen LogP contribution is 2.09. The molecular formula is C14H14OS. The van der Waals surface area contributed by atoms with Gasteiger partial charge in [0.05, 0.1) is 6.26 Å². The maximum atomic E-state index is 5.44. The second kappa shape index (κ2) is 6.13. The van der Waals surface area contributed by atoms with Gasteiger partial charge in [-0.15, -0.1) is 11.3 Å². The molecule has 2 heteroatoms. The van der Waals surface area contributed by atoms with Crippen molar-refractivity contribution in [1.82, 2.24) is 0 Å². The van der Waals surface area contributed by atoms with Gasteiger partial charge in [0.1, 0.15) is 6.61 Å². The van der Waals surface area contributed by atoms with E-state index in [4.69, 9.17) is 4.74 Å². The van der Waals surface area contributed by atoms with Gasteiger partial charge in [0.2, 0.25) is 0 Å². The Kier molecular flexibility index (Phi) is 4.20. The third kappa shape index (κ3) is 3.55. The molecule has 0 N–H and O–H groups in total. The van der Waals surface area contributed by atoms with Gasteiger partial charge in [-0.25, -0.2) is 0 Å². The van der Waals surface area contributed by atoms with E-state index in [2.05, 4.69) is 35.7 Å². The number of thiophene rings is 1. The highest BCUT2D eigenvalue weighted by atomic mass is 32.1. The lowest BCUT2D eigenvalue weighted by Gasteiger charge is -1.99. The Labute approximate surface area is 100 Å². The predicted octanol–water partition coefficient (Wildman–Crippen LogP) is 4.02. The molecule has 0 amide bonds. The number of hydrogen-bond donors (Lipinski definition) is 0. The van der Waals surface area contributed by atoms with Crippen LogP contribution < -0.4 is 0 Å². The Hall–Kier alpha value is -1.54. The molecule has 0 radical (unpaired) electrons. The summed E-state index contributed by atoms with van der Waals surface area (Å²) in [5.74, 6) is 0. The van der Waals surface area contributed by atoms with E-state index in [9.17, 15) is 0 Å². The van der Waals surface area contributed by atoms with Crippen molar-refractivity contribution in [1.29, 1.82) is 0 Å². The molecule has 2 rings (SSSR count). The van der Waals surface area contributed by atoms with Crippen LogP contribution in [0.1, 0.15) is 10.4 Å². The summed E-state index contributed by atoms with van der Waals surface area (Å²) in [6.45, 7) is 0.641. The van der Waals surface area contributed by atoms with Gasteiger partial charge in [0.15, 0.2) is 0 Å². The van der Waals surface area contributed by atoms with Gasteiger partial charge in [-0.2, -0.15) is 0 Å². The zero-order chi connectivity index (χ0) is 11.1. The Morgan fingerprint density at radius 3 is 2.69 bits per heavy atom. The van der Waals surface area contributed by atoms with Crippen LogP contribution in [0.4, 0.5) is 0 Å². The second-order valence-electron chi connectivity index (χ2n) is 3.45. The minimum absolute atomic E-state index is 0.641. The number of hydrogen-bond acceptors (Lipinski definition) is 2. The van der Waals surface area contributed by atoms with Gasteiger partial charge in [0.25, 0.3) is 0 Å². The molecule has 82 valence electrons. The van der Waals surface area contributed by atoms with E-state index in [0.29, 0.717) is 6.61 Å². The first-order valence-corrected chi connectivity index (χ1v) is 6.16. The number of rotatable bonds is 5. The average Bonchev–Trinajstić information content (AvgIpc) is 2.83. The van der Waals surface area contributed by atoms with Crippen LogP contribution in [0.15, 0.2) is 60.2 Å². The molecule has 16 heavy (non-hydrogen) atoms. The molecule has 0 saturated carbocycles. The molecule has 1 nitrogen and oxygen atoms in total. The van der Waals surface area contributed by atoms with Gasteiger partial charge < -0.3 is 4.74 Å². The molecule has 0 aliphatic rings. The maximum Gasteiger partial charge on any atom is 0.112 e. The van der Waals surface area contributed by atoms with Crippen LogP contribution in [0.5, 0.6) is 0 Å². The van der Waals surface area contributed by atoms with E-state index in [-0.39, 0.29) is 0 Å². The Bertz CT molecular complexity index is 417. The third-order valence-corrected chi connectivity index (χ3v) is 3.08. The van der Waals surface area contributed by atoms with Crippen molar-refractivity contribution < 1.29 is 4.74 Å². The molecule has 0 aliphatic carbocycles. The molecule has 1 aromatic heterocycles. The quantitative estimate of drug-likeness (QED) is 0.705. The van der Waals surface area contributed by atoms with Crippen molar-refractivity contribution in [3.05, 3.63) is 70.6 Å². The summed E-state index contributed by atoms with van der Waals surface area (Å²) in [5.41, 5.74) is 1.20. The summed E-state index contributed by atoms with van der Waals surface area (Å²) in [7, 11) is 0. The number of allylic oxidation sites excluding steroid dienone is 1. The van der Waals surface area contributed by atoms with Crippen molar-refractivity contribution in [3.63, 3.8) is 0 Å². The summed E-state index contributed by atoms with van der Waals surface area (Å²) in [4.78, 5) is 1.36. The van der Waals surface area contributed by atoms with Crippen LogP contribution in [0.2, 0.25) is 0 Å². The van der Waals surface area contributed by atoms with Crippen LogP contribution in [0.25, 0.3) is 0 Å². The normalized spacial score (nSPS) is 10.8. The zero-order valence-corrected chi connectivity index (χ0v) is 9.82. The predicted molar refractivity (Wildman–Crippen MR) is 68.4 cm³/mol. The van der Waals surface area contributed by atoms with Gasteiger partial charge in [-0.3, -0.25) is 0 Å². The first kappa shape index (κ1) is 11.0. The Balaban J connectivity index is 1.70. The van der Waals surface area contributed by atoms with Gasteiger partial charge in [0, 0.05) is 11.3 Å². The van der Waals surface area contributed by atoms with E-state index in [0.717, 1.165) is 6.42 Å². The smallest absolute Gasteiger partial charge is 0.112 e.